The average molecular weight is 329 g/mol. The fraction of sp³-hybridized carbons (Fsp3) is 0.444. The number of benzene rings is 1. The predicted octanol–water partition coefficient (Wildman–Crippen LogP) is 2.02. The van der Waals surface area contributed by atoms with Crippen molar-refractivity contribution in [3.05, 3.63) is 54.1 Å². The Morgan fingerprint density at radius 3 is 2.83 bits per heavy atom. The van der Waals surface area contributed by atoms with Crippen LogP contribution in [-0.2, 0) is 17.8 Å². The molecule has 6 nitrogen and oxygen atoms in total. The Balaban J connectivity index is 1.80. The van der Waals surface area contributed by atoms with Gasteiger partial charge in [-0.05, 0) is 18.9 Å². The van der Waals surface area contributed by atoms with E-state index < -0.39 is 0 Å². The van der Waals surface area contributed by atoms with Crippen LogP contribution in [0.4, 0.5) is 0 Å². The summed E-state index contributed by atoms with van der Waals surface area (Å²) in [5, 5.41) is 6.59. The Morgan fingerprint density at radius 2 is 2.08 bits per heavy atom. The lowest BCUT2D eigenvalue weighted by Crippen LogP contribution is -2.38. The van der Waals surface area contributed by atoms with Gasteiger partial charge in [0.05, 0.1) is 6.54 Å². The summed E-state index contributed by atoms with van der Waals surface area (Å²) in [4.78, 5) is 8.67. The van der Waals surface area contributed by atoms with E-state index in [0.717, 1.165) is 44.5 Å². The van der Waals surface area contributed by atoms with Gasteiger partial charge in [0.15, 0.2) is 5.96 Å². The first-order valence-electron chi connectivity index (χ1n) is 8.39. The largest absolute Gasteiger partial charge is 0.382 e. The molecule has 0 unspecified atom stereocenters. The second-order valence-electron chi connectivity index (χ2n) is 5.36. The summed E-state index contributed by atoms with van der Waals surface area (Å²) in [6.45, 7) is 5.81. The highest BCUT2D eigenvalue weighted by molar-refractivity contribution is 5.79. The fourth-order valence-corrected chi connectivity index (χ4v) is 2.34. The van der Waals surface area contributed by atoms with E-state index in [0.29, 0.717) is 6.54 Å². The van der Waals surface area contributed by atoms with Crippen LogP contribution in [0.5, 0.6) is 0 Å². The number of guanidine groups is 1. The lowest BCUT2D eigenvalue weighted by Gasteiger charge is -2.13. The maximum Gasteiger partial charge on any atom is 0.191 e. The third-order valence-corrected chi connectivity index (χ3v) is 3.60. The number of rotatable bonds is 9. The molecule has 1 heterocycles. The standard InChI is InChI=1S/C18H27N5O/c1-3-24-13-7-10-21-18(19-2)22-14-17-20-11-12-23(17)15-16-8-5-4-6-9-16/h4-6,8-9,11-12H,3,7,10,13-15H2,1-2H3,(H2,19,21,22). The van der Waals surface area contributed by atoms with Gasteiger partial charge < -0.3 is 19.9 Å². The Hall–Kier alpha value is -2.34. The van der Waals surface area contributed by atoms with Crippen molar-refractivity contribution >= 4 is 5.96 Å². The number of nitrogens with zero attached hydrogens (tertiary/aromatic N) is 3. The van der Waals surface area contributed by atoms with Gasteiger partial charge >= 0.3 is 0 Å². The van der Waals surface area contributed by atoms with Crippen molar-refractivity contribution < 1.29 is 4.74 Å². The van der Waals surface area contributed by atoms with Crippen LogP contribution in [0.25, 0.3) is 0 Å². The van der Waals surface area contributed by atoms with Crippen molar-refractivity contribution in [2.45, 2.75) is 26.4 Å². The Labute approximate surface area is 144 Å². The van der Waals surface area contributed by atoms with Gasteiger partial charge in [0, 0.05) is 45.7 Å². The molecule has 24 heavy (non-hydrogen) atoms. The zero-order valence-corrected chi connectivity index (χ0v) is 14.5. The van der Waals surface area contributed by atoms with Gasteiger partial charge in [-0.25, -0.2) is 4.98 Å². The fourth-order valence-electron chi connectivity index (χ4n) is 2.34. The van der Waals surface area contributed by atoms with Crippen molar-refractivity contribution in [2.24, 2.45) is 4.99 Å². The van der Waals surface area contributed by atoms with Crippen LogP contribution in [0, 0.1) is 0 Å². The summed E-state index contributed by atoms with van der Waals surface area (Å²) < 4.78 is 7.47. The topological polar surface area (TPSA) is 63.5 Å². The molecule has 0 aliphatic heterocycles. The van der Waals surface area contributed by atoms with Crippen LogP contribution in [0.1, 0.15) is 24.7 Å². The third-order valence-electron chi connectivity index (χ3n) is 3.60. The zero-order chi connectivity index (χ0) is 17.0. The molecule has 0 bridgehead atoms. The second kappa shape index (κ2) is 10.4. The van der Waals surface area contributed by atoms with Gasteiger partial charge in [-0.2, -0.15) is 0 Å². The van der Waals surface area contributed by atoms with E-state index in [9.17, 15) is 0 Å². The molecule has 0 saturated carbocycles. The normalized spacial score (nSPS) is 11.5. The Bertz CT molecular complexity index is 609. The molecule has 0 fully saturated rings. The first-order chi connectivity index (χ1) is 11.8. The number of hydrogen-bond donors (Lipinski definition) is 2. The van der Waals surface area contributed by atoms with Crippen LogP contribution >= 0.6 is 0 Å². The quantitative estimate of drug-likeness (QED) is 0.420. The number of hydrogen-bond acceptors (Lipinski definition) is 3. The van der Waals surface area contributed by atoms with E-state index in [-0.39, 0.29) is 0 Å². The van der Waals surface area contributed by atoms with Gasteiger partial charge in [0.1, 0.15) is 5.82 Å². The Kier molecular flexibility index (Phi) is 7.83. The van der Waals surface area contributed by atoms with Gasteiger partial charge in [-0.1, -0.05) is 30.3 Å². The molecular formula is C18H27N5O. The van der Waals surface area contributed by atoms with E-state index in [1.165, 1.54) is 5.56 Å². The minimum atomic E-state index is 0.630. The summed E-state index contributed by atoms with van der Waals surface area (Å²) in [6, 6.07) is 10.4. The third kappa shape index (κ3) is 6.04. The molecule has 0 saturated heterocycles. The molecule has 0 aliphatic carbocycles. The van der Waals surface area contributed by atoms with Crippen LogP contribution in [0.2, 0.25) is 0 Å². The molecule has 130 valence electrons. The summed E-state index contributed by atoms with van der Waals surface area (Å²) in [6.07, 6.45) is 4.79. The SMILES string of the molecule is CCOCCCNC(=NC)NCc1nccn1Cc1ccccc1. The van der Waals surface area contributed by atoms with Crippen molar-refractivity contribution in [1.29, 1.82) is 0 Å². The minimum absolute atomic E-state index is 0.630. The molecule has 2 N–H and O–H groups in total. The molecule has 1 aromatic heterocycles. The average Bonchev–Trinajstić information content (AvgIpc) is 3.05. The van der Waals surface area contributed by atoms with Gasteiger partial charge in [0.25, 0.3) is 0 Å². The monoisotopic (exact) mass is 329 g/mol. The van der Waals surface area contributed by atoms with Gasteiger partial charge in [0.2, 0.25) is 0 Å². The van der Waals surface area contributed by atoms with Crippen LogP contribution in [0.15, 0.2) is 47.7 Å². The molecule has 0 spiro atoms. The predicted molar refractivity (Wildman–Crippen MR) is 97.1 cm³/mol. The molecule has 1 aromatic carbocycles. The number of aliphatic imine (C=N–C) groups is 1. The highest BCUT2D eigenvalue weighted by Gasteiger charge is 2.05. The lowest BCUT2D eigenvalue weighted by molar-refractivity contribution is 0.145. The molecule has 0 atom stereocenters. The molecular weight excluding hydrogens is 302 g/mol. The lowest BCUT2D eigenvalue weighted by atomic mass is 10.2. The second-order valence-corrected chi connectivity index (χ2v) is 5.36. The first-order valence-corrected chi connectivity index (χ1v) is 8.39. The molecule has 2 aromatic rings. The van der Waals surface area contributed by atoms with Gasteiger partial charge in [-0.3, -0.25) is 4.99 Å². The zero-order valence-electron chi connectivity index (χ0n) is 14.5. The Morgan fingerprint density at radius 1 is 1.25 bits per heavy atom. The first kappa shape index (κ1) is 18.0. The highest BCUT2D eigenvalue weighted by atomic mass is 16.5. The maximum absolute atomic E-state index is 5.33. The smallest absolute Gasteiger partial charge is 0.191 e. The van der Waals surface area contributed by atoms with Crippen LogP contribution < -0.4 is 10.6 Å². The van der Waals surface area contributed by atoms with Crippen molar-refractivity contribution in [3.63, 3.8) is 0 Å². The molecule has 2 rings (SSSR count). The van der Waals surface area contributed by atoms with Crippen molar-refractivity contribution in [2.75, 3.05) is 26.8 Å². The van der Waals surface area contributed by atoms with E-state index >= 15 is 0 Å². The summed E-state index contributed by atoms with van der Waals surface area (Å²) >= 11 is 0. The van der Waals surface area contributed by atoms with Crippen molar-refractivity contribution in [1.82, 2.24) is 20.2 Å². The van der Waals surface area contributed by atoms with Gasteiger partial charge in [-0.15, -0.1) is 0 Å². The number of nitrogens with one attached hydrogen (secondary N) is 2. The summed E-state index contributed by atoms with van der Waals surface area (Å²) in [7, 11) is 1.77. The number of imidazole rings is 1. The summed E-state index contributed by atoms with van der Waals surface area (Å²) in [5.41, 5.74) is 1.26. The highest BCUT2D eigenvalue weighted by Crippen LogP contribution is 2.05. The number of aromatic nitrogens is 2. The number of ether oxygens (including phenoxy) is 1. The van der Waals surface area contributed by atoms with E-state index in [1.807, 2.05) is 25.4 Å². The molecule has 0 amide bonds. The summed E-state index contributed by atoms with van der Waals surface area (Å²) in [5.74, 6) is 1.76. The van der Waals surface area contributed by atoms with E-state index in [2.05, 4.69) is 49.4 Å². The molecule has 6 heteroatoms. The van der Waals surface area contributed by atoms with Crippen LogP contribution in [-0.4, -0.2) is 42.3 Å². The van der Waals surface area contributed by atoms with E-state index in [1.54, 1.807) is 7.05 Å². The molecule has 0 radical (unpaired) electrons. The van der Waals surface area contributed by atoms with Crippen LogP contribution in [0.3, 0.4) is 0 Å². The van der Waals surface area contributed by atoms with E-state index in [4.69, 9.17) is 4.74 Å². The maximum atomic E-state index is 5.33. The van der Waals surface area contributed by atoms with Crippen molar-refractivity contribution in [3.8, 4) is 0 Å². The minimum Gasteiger partial charge on any atom is -0.382 e. The molecule has 0 aliphatic rings.